The topological polar surface area (TPSA) is 59.9 Å². The Kier molecular flexibility index (Phi) is 3.72. The molecular formula is C13H13N2O2S. The average Bonchev–Trinajstić information content (AvgIpc) is 2.37. The lowest BCUT2D eigenvalue weighted by Crippen LogP contribution is -2.05. The first-order chi connectivity index (χ1) is 8.54. The summed E-state index contributed by atoms with van der Waals surface area (Å²) in [5.74, 6) is 0.0137. The maximum atomic E-state index is 11.0. The summed E-state index contributed by atoms with van der Waals surface area (Å²) in [5.41, 5.74) is 2.53. The average molecular weight is 261 g/mol. The predicted octanol–water partition coefficient (Wildman–Crippen LogP) is 1.89. The van der Waals surface area contributed by atoms with Crippen molar-refractivity contribution < 1.29 is 8.42 Å². The highest BCUT2D eigenvalue weighted by atomic mass is 32.2. The monoisotopic (exact) mass is 261 g/mol. The van der Waals surface area contributed by atoms with Crippen LogP contribution in [0.25, 0.3) is 11.3 Å². The van der Waals surface area contributed by atoms with Crippen LogP contribution >= 0.6 is 0 Å². The maximum Gasteiger partial charge on any atom is 0.151 e. The molecule has 0 bridgehead atoms. The molecule has 0 N–H and O–H groups in total. The van der Waals surface area contributed by atoms with E-state index in [-0.39, 0.29) is 5.75 Å². The number of sulfone groups is 1. The molecule has 5 heteroatoms. The van der Waals surface area contributed by atoms with Gasteiger partial charge in [-0.2, -0.15) is 0 Å². The molecule has 0 amide bonds. The van der Waals surface area contributed by atoms with E-state index in [0.29, 0.717) is 6.42 Å². The van der Waals surface area contributed by atoms with Gasteiger partial charge in [0, 0.05) is 30.1 Å². The molecule has 0 fully saturated rings. The van der Waals surface area contributed by atoms with Gasteiger partial charge < -0.3 is 0 Å². The van der Waals surface area contributed by atoms with Crippen molar-refractivity contribution in [2.75, 3.05) is 5.75 Å². The first-order valence-corrected chi connectivity index (χ1v) is 7.29. The van der Waals surface area contributed by atoms with E-state index < -0.39 is 9.84 Å². The Hall–Kier alpha value is -1.75. The van der Waals surface area contributed by atoms with E-state index in [4.69, 9.17) is 0 Å². The molecule has 1 radical (unpaired) electrons. The Morgan fingerprint density at radius 3 is 2.50 bits per heavy atom. The highest BCUT2D eigenvalue weighted by molar-refractivity contribution is 7.92. The Morgan fingerprint density at radius 2 is 1.83 bits per heavy atom. The Labute approximate surface area is 107 Å². The van der Waals surface area contributed by atoms with Gasteiger partial charge in [-0.1, -0.05) is 6.07 Å². The quantitative estimate of drug-likeness (QED) is 0.843. The molecular weight excluding hydrogens is 248 g/mol. The molecule has 0 aromatic carbocycles. The van der Waals surface area contributed by atoms with E-state index in [1.807, 2.05) is 30.3 Å². The summed E-state index contributed by atoms with van der Waals surface area (Å²) in [6, 6.07) is 9.30. The zero-order valence-electron chi connectivity index (χ0n) is 9.78. The molecule has 0 saturated heterocycles. The molecule has 2 heterocycles. The number of aryl methyl sites for hydroxylation is 1. The minimum Gasteiger partial charge on any atom is -0.265 e. The second-order valence-electron chi connectivity index (χ2n) is 3.95. The number of rotatable bonds is 4. The van der Waals surface area contributed by atoms with Crippen LogP contribution < -0.4 is 0 Å². The number of hydrogen-bond acceptors (Lipinski definition) is 4. The Morgan fingerprint density at radius 1 is 1.11 bits per heavy atom. The van der Waals surface area contributed by atoms with Gasteiger partial charge in [0.2, 0.25) is 0 Å². The van der Waals surface area contributed by atoms with Crippen LogP contribution in [-0.2, 0) is 16.3 Å². The van der Waals surface area contributed by atoms with Crippen molar-refractivity contribution >= 4 is 9.84 Å². The van der Waals surface area contributed by atoms with Gasteiger partial charge in [0.05, 0.1) is 17.7 Å². The lowest BCUT2D eigenvalue weighted by molar-refractivity contribution is 0.603. The van der Waals surface area contributed by atoms with Gasteiger partial charge >= 0.3 is 0 Å². The number of nitrogens with zero attached hydrogens (tertiary/aromatic N) is 2. The molecule has 93 valence electrons. The van der Waals surface area contributed by atoms with Crippen LogP contribution in [0.15, 0.2) is 42.7 Å². The van der Waals surface area contributed by atoms with Crippen LogP contribution in [0.1, 0.15) is 5.69 Å². The lowest BCUT2D eigenvalue weighted by Gasteiger charge is -2.04. The van der Waals surface area contributed by atoms with E-state index in [0.717, 1.165) is 17.0 Å². The van der Waals surface area contributed by atoms with Gasteiger partial charge in [-0.15, -0.1) is 0 Å². The molecule has 0 aliphatic rings. The van der Waals surface area contributed by atoms with E-state index in [2.05, 4.69) is 16.2 Å². The minimum absolute atomic E-state index is 0.0137. The molecule has 2 aromatic rings. The fourth-order valence-corrected chi connectivity index (χ4v) is 2.08. The molecule has 0 atom stereocenters. The van der Waals surface area contributed by atoms with E-state index in [1.54, 1.807) is 12.4 Å². The van der Waals surface area contributed by atoms with Crippen molar-refractivity contribution in [3.63, 3.8) is 0 Å². The Bertz CT molecular complexity index is 624. The highest BCUT2D eigenvalue weighted by Crippen LogP contribution is 2.16. The van der Waals surface area contributed by atoms with Gasteiger partial charge in [-0.25, -0.2) is 8.42 Å². The number of hydrogen-bond donors (Lipinski definition) is 0. The van der Waals surface area contributed by atoms with Gasteiger partial charge in [0.25, 0.3) is 0 Å². The van der Waals surface area contributed by atoms with Gasteiger partial charge in [0.15, 0.2) is 9.84 Å². The molecule has 4 nitrogen and oxygen atoms in total. The Balaban J connectivity index is 2.21. The summed E-state index contributed by atoms with van der Waals surface area (Å²) in [7, 11) is -3.20. The molecule has 0 unspecified atom stereocenters. The first-order valence-electron chi connectivity index (χ1n) is 5.47. The predicted molar refractivity (Wildman–Crippen MR) is 70.3 cm³/mol. The second-order valence-corrected chi connectivity index (χ2v) is 5.84. The van der Waals surface area contributed by atoms with Crippen molar-refractivity contribution in [2.24, 2.45) is 0 Å². The van der Waals surface area contributed by atoms with Crippen LogP contribution in [0.2, 0.25) is 0 Å². The van der Waals surface area contributed by atoms with Crippen LogP contribution in [0.3, 0.4) is 0 Å². The third-order valence-electron chi connectivity index (χ3n) is 2.45. The smallest absolute Gasteiger partial charge is 0.151 e. The van der Waals surface area contributed by atoms with Crippen molar-refractivity contribution in [3.8, 4) is 11.3 Å². The summed E-state index contributed by atoms with van der Waals surface area (Å²) in [6.45, 7) is 0. The zero-order valence-corrected chi connectivity index (χ0v) is 10.6. The van der Waals surface area contributed by atoms with Crippen LogP contribution in [-0.4, -0.2) is 24.1 Å². The summed E-state index contributed by atoms with van der Waals surface area (Å²) in [5, 5.41) is 0. The molecule has 2 aromatic heterocycles. The third-order valence-corrected chi connectivity index (χ3v) is 3.28. The second kappa shape index (κ2) is 5.27. The van der Waals surface area contributed by atoms with Gasteiger partial charge in [0.1, 0.15) is 0 Å². The number of pyridine rings is 2. The van der Waals surface area contributed by atoms with Gasteiger partial charge in [-0.05, 0) is 24.3 Å². The first kappa shape index (κ1) is 12.7. The highest BCUT2D eigenvalue weighted by Gasteiger charge is 2.05. The van der Waals surface area contributed by atoms with E-state index in [9.17, 15) is 8.42 Å². The zero-order chi connectivity index (χ0) is 13.0. The van der Waals surface area contributed by atoms with Crippen molar-refractivity contribution in [2.45, 2.75) is 6.42 Å². The van der Waals surface area contributed by atoms with Crippen molar-refractivity contribution in [3.05, 3.63) is 54.7 Å². The largest absolute Gasteiger partial charge is 0.265 e. The lowest BCUT2D eigenvalue weighted by atomic mass is 10.1. The minimum atomic E-state index is -3.20. The van der Waals surface area contributed by atoms with Gasteiger partial charge in [-0.3, -0.25) is 9.97 Å². The summed E-state index contributed by atoms with van der Waals surface area (Å²) in [6.07, 6.45) is 6.88. The fourth-order valence-electron chi connectivity index (χ4n) is 1.56. The van der Waals surface area contributed by atoms with Crippen LogP contribution in [0.4, 0.5) is 0 Å². The van der Waals surface area contributed by atoms with E-state index in [1.165, 1.54) is 0 Å². The molecule has 0 saturated carbocycles. The van der Waals surface area contributed by atoms with Crippen molar-refractivity contribution in [1.29, 1.82) is 0 Å². The van der Waals surface area contributed by atoms with Crippen LogP contribution in [0.5, 0.6) is 0 Å². The van der Waals surface area contributed by atoms with E-state index >= 15 is 0 Å². The summed E-state index contributed by atoms with van der Waals surface area (Å²) >= 11 is 0. The molecule has 2 rings (SSSR count). The SMILES string of the molecule is [CH2]S(=O)(=O)CCc1cccc(-c2ccncc2)n1. The van der Waals surface area contributed by atoms with Crippen molar-refractivity contribution in [1.82, 2.24) is 9.97 Å². The third kappa shape index (κ3) is 3.63. The summed E-state index contributed by atoms with van der Waals surface area (Å²) < 4.78 is 22.0. The standard InChI is InChI=1S/C13H13N2O2S/c1-18(16,17)10-7-12-3-2-4-13(15-12)11-5-8-14-9-6-11/h2-6,8-9H,1,7,10H2. The molecule has 0 aliphatic heterocycles. The molecule has 0 spiro atoms. The summed E-state index contributed by atoms with van der Waals surface area (Å²) in [4.78, 5) is 8.37. The molecule has 0 aliphatic carbocycles. The fraction of sp³-hybridized carbons (Fsp3) is 0.154. The number of aromatic nitrogens is 2. The maximum absolute atomic E-state index is 11.0. The molecule has 18 heavy (non-hydrogen) atoms. The van der Waals surface area contributed by atoms with Crippen LogP contribution in [0, 0.1) is 6.26 Å². The normalized spacial score (nSPS) is 11.4.